The number of piperidine rings is 4. The standard InChI is InChI=1S/C20H21N3O4S2.C19H20N4O4S2.C15H23N3O4S.C10H20N2O2.C5H4BrNO2S/c1-27-19(24)18-13-21-20(28-18)23-10-8-16(9-11-23)22-29(25,26)17-7-6-14-4-2-3-5-15(14)12-17;24-18(21-25)17-12-20-19(28-17)23-9-7-15(8-10-23)22-29(26,27)16-6-5-13-3-1-2-4-14(13)11-16;1-15(2,3)22-14(20)17-10-5-7-18(8-6-10)13-16-9-11(23-13)12(19)21-4;1-10(2,3)14-9(13)12-8-4-6-11-7-5-8;1-9-4(8)3-2-7-5(6)10-3/h2-7,12-13,16,22H,8-11H2,1H3;1-6,11-12,15,22,25H,7-10H2,(H,21,24);9-10H,5-8H2,1-4H3,(H,17,20);8,11H,4-7H2,1-3H3,(H,12,13);2H,1H3. The second-order valence-corrected chi connectivity index (χ2v) is 35.0. The Labute approximate surface area is 634 Å². The highest BCUT2D eigenvalue weighted by Gasteiger charge is 2.31. The van der Waals surface area contributed by atoms with E-state index in [2.05, 4.69) is 80.5 Å². The normalized spacial score (nSPS) is 15.6. The number of halogens is 1. The Bertz CT molecular complexity index is 4280. The maximum atomic E-state index is 12.8. The van der Waals surface area contributed by atoms with Crippen LogP contribution in [0.2, 0.25) is 0 Å². The molecule has 8 aromatic rings. The predicted octanol–water partition coefficient (Wildman–Crippen LogP) is 10.8. The Balaban J connectivity index is 0.000000173. The quantitative estimate of drug-likeness (QED) is 0.0217. The van der Waals surface area contributed by atoms with Crippen LogP contribution in [0.4, 0.5) is 25.0 Å². The summed E-state index contributed by atoms with van der Waals surface area (Å²) in [5.41, 5.74) is 0.697. The molecule has 4 aliphatic heterocycles. The number of carbonyl (C=O) groups excluding carboxylic acids is 6. The van der Waals surface area contributed by atoms with Gasteiger partial charge in [0.2, 0.25) is 20.0 Å². The van der Waals surface area contributed by atoms with Gasteiger partial charge < -0.3 is 54.3 Å². The van der Waals surface area contributed by atoms with Crippen molar-refractivity contribution >= 4 is 154 Å². The van der Waals surface area contributed by atoms with Gasteiger partial charge in [-0.1, -0.05) is 94.7 Å². The zero-order valence-corrected chi connectivity index (χ0v) is 66.0. The van der Waals surface area contributed by atoms with Crippen LogP contribution in [0, 0.1) is 0 Å². The molecule has 0 bridgehead atoms. The van der Waals surface area contributed by atoms with Crippen LogP contribution in [0.5, 0.6) is 0 Å². The molecule has 0 radical (unpaired) electrons. The summed E-state index contributed by atoms with van der Waals surface area (Å²) in [6.45, 7) is 17.2. The predicted molar refractivity (Wildman–Crippen MR) is 408 cm³/mol. The molecule has 4 aromatic heterocycles. The van der Waals surface area contributed by atoms with E-state index in [1.807, 2.05) is 107 Å². The van der Waals surface area contributed by atoms with Crippen molar-refractivity contribution in [2.45, 2.75) is 138 Å². The third kappa shape index (κ3) is 25.6. The number of esters is 3. The smallest absolute Gasteiger partial charge is 0.407 e. The molecule has 29 nitrogen and oxygen atoms in total. The molecule has 4 fully saturated rings. The number of hydrogen-bond acceptors (Lipinski definition) is 28. The number of benzene rings is 4. The first kappa shape index (κ1) is 82.6. The summed E-state index contributed by atoms with van der Waals surface area (Å²) in [7, 11) is -3.15. The lowest BCUT2D eigenvalue weighted by atomic mass is 10.1. The third-order valence-corrected chi connectivity index (χ3v) is 23.9. The molecular formula is C69H88BrN13O16S6. The molecule has 0 saturated carbocycles. The van der Waals surface area contributed by atoms with Crippen LogP contribution in [0.15, 0.2) is 123 Å². The molecule has 0 atom stereocenters. The molecule has 3 amide bonds. The Hall–Kier alpha value is -8.04. The van der Waals surface area contributed by atoms with E-state index in [-0.39, 0.29) is 58.1 Å². The van der Waals surface area contributed by atoms with E-state index in [1.54, 1.807) is 29.7 Å². The van der Waals surface area contributed by atoms with Crippen molar-refractivity contribution in [3.63, 3.8) is 0 Å². The maximum Gasteiger partial charge on any atom is 0.407 e. The molecule has 0 unspecified atom stereocenters. The number of fused-ring (bicyclic) bond motifs is 2. The fraction of sp³-hybridized carbons (Fsp3) is 0.449. The van der Waals surface area contributed by atoms with Gasteiger partial charge in [0.1, 0.15) is 30.7 Å². The van der Waals surface area contributed by atoms with Crippen molar-refractivity contribution in [3.8, 4) is 0 Å². The van der Waals surface area contributed by atoms with Gasteiger partial charge in [0.15, 0.2) is 19.3 Å². The zero-order valence-electron chi connectivity index (χ0n) is 59.5. The molecule has 105 heavy (non-hydrogen) atoms. The van der Waals surface area contributed by atoms with Crippen LogP contribution in [0.3, 0.4) is 0 Å². The number of methoxy groups -OCH3 is 3. The van der Waals surface area contributed by atoms with Crippen molar-refractivity contribution in [2.75, 3.05) is 88.4 Å². The topological polar surface area (TPSA) is 371 Å². The van der Waals surface area contributed by atoms with Gasteiger partial charge in [0.25, 0.3) is 5.91 Å². The number of carbonyl (C=O) groups is 6. The number of aromatic nitrogens is 4. The number of hydroxylamine groups is 1. The molecule has 8 heterocycles. The third-order valence-electron chi connectivity index (χ3n) is 16.2. The van der Waals surface area contributed by atoms with E-state index < -0.39 is 43.1 Å². The highest BCUT2D eigenvalue weighted by atomic mass is 79.9. The van der Waals surface area contributed by atoms with Crippen LogP contribution >= 0.6 is 61.3 Å². The van der Waals surface area contributed by atoms with Crippen LogP contribution in [-0.2, 0) is 43.7 Å². The number of ether oxygens (including phenoxy) is 5. The summed E-state index contributed by atoms with van der Waals surface area (Å²) in [5, 5.41) is 23.8. The molecule has 4 aliphatic rings. The van der Waals surface area contributed by atoms with Crippen molar-refractivity contribution < 1.29 is 74.5 Å². The number of alkyl carbamates (subject to hydrolysis) is 2. The fourth-order valence-electron chi connectivity index (χ4n) is 11.0. The van der Waals surface area contributed by atoms with Gasteiger partial charge in [-0.2, -0.15) is 0 Å². The molecule has 568 valence electrons. The van der Waals surface area contributed by atoms with Gasteiger partial charge in [0, 0.05) is 63.4 Å². The molecule has 4 saturated heterocycles. The van der Waals surface area contributed by atoms with E-state index in [0.717, 1.165) is 83.7 Å². The van der Waals surface area contributed by atoms with Crippen LogP contribution in [0.1, 0.15) is 132 Å². The molecular weight excluding hydrogens is 1540 g/mol. The first-order valence-electron chi connectivity index (χ1n) is 33.6. The van der Waals surface area contributed by atoms with Gasteiger partial charge in [-0.3, -0.25) is 10.0 Å². The van der Waals surface area contributed by atoms with Crippen LogP contribution in [0.25, 0.3) is 21.5 Å². The number of thiazole rings is 4. The minimum atomic E-state index is -3.61. The molecule has 12 rings (SSSR count). The lowest BCUT2D eigenvalue weighted by Gasteiger charge is -2.32. The van der Waals surface area contributed by atoms with E-state index in [9.17, 15) is 45.6 Å². The summed E-state index contributed by atoms with van der Waals surface area (Å²) in [6.07, 6.45) is 11.5. The number of nitrogens with zero attached hydrogens (tertiary/aromatic N) is 7. The Morgan fingerprint density at radius 3 is 1.16 bits per heavy atom. The number of anilines is 3. The molecule has 7 N–H and O–H groups in total. The monoisotopic (exact) mass is 1630 g/mol. The van der Waals surface area contributed by atoms with Crippen molar-refractivity contribution in [2.24, 2.45) is 0 Å². The maximum absolute atomic E-state index is 12.8. The van der Waals surface area contributed by atoms with Crippen molar-refractivity contribution in [3.05, 3.63) is 133 Å². The van der Waals surface area contributed by atoms with Crippen LogP contribution in [-0.4, -0.2) is 187 Å². The summed E-state index contributed by atoms with van der Waals surface area (Å²) in [6, 6.07) is 25.7. The first-order valence-corrected chi connectivity index (χ1v) is 40.6. The number of rotatable bonds is 15. The van der Waals surface area contributed by atoms with Crippen molar-refractivity contribution in [1.29, 1.82) is 0 Å². The Morgan fingerprint density at radius 2 is 0.810 bits per heavy atom. The van der Waals surface area contributed by atoms with E-state index in [1.165, 1.54) is 91.5 Å². The van der Waals surface area contributed by atoms with Gasteiger partial charge in [0.05, 0.1) is 55.9 Å². The summed E-state index contributed by atoms with van der Waals surface area (Å²) >= 11 is 8.18. The molecule has 0 aliphatic carbocycles. The first-order chi connectivity index (χ1) is 49.9. The number of sulfonamides is 2. The van der Waals surface area contributed by atoms with E-state index in [4.69, 9.17) is 19.4 Å². The fourth-order valence-corrected chi connectivity index (χ4v) is 17.5. The second kappa shape index (κ2) is 38.5. The molecule has 4 aromatic carbocycles. The van der Waals surface area contributed by atoms with Gasteiger partial charge in [-0.15, -0.1) is 11.3 Å². The zero-order chi connectivity index (χ0) is 76.1. The van der Waals surface area contributed by atoms with Gasteiger partial charge in [-0.05, 0) is 168 Å². The average molecular weight is 1630 g/mol. The largest absolute Gasteiger partial charge is 0.465 e. The highest BCUT2D eigenvalue weighted by molar-refractivity contribution is 9.11. The van der Waals surface area contributed by atoms with Gasteiger partial charge in [-0.25, -0.2) is 75.7 Å². The lowest BCUT2D eigenvalue weighted by molar-refractivity contribution is 0.0484. The highest BCUT2D eigenvalue weighted by Crippen LogP contribution is 2.31. The summed E-state index contributed by atoms with van der Waals surface area (Å²) in [4.78, 5) is 93.5. The molecule has 36 heteroatoms. The minimum absolute atomic E-state index is 0.0983. The SMILES string of the molecule is CC(C)(C)OC(=O)NC1CCNCC1.COC(=O)c1cnc(Br)s1.COC(=O)c1cnc(N2CCC(NC(=O)OC(C)(C)C)CC2)s1.COC(=O)c1cnc(N2CCC(NS(=O)(=O)c3ccc4ccccc4c3)CC2)s1.O=C(NO)c1cnc(N2CCC(NS(=O)(=O)c3ccc4ccccc4c3)CC2)s1. The molecule has 0 spiro atoms. The number of nitrogens with one attached hydrogen (secondary N) is 6. The Kier molecular flexibility index (Phi) is 30.3. The lowest BCUT2D eigenvalue weighted by Crippen LogP contribution is -2.46. The number of hydrogen-bond donors (Lipinski definition) is 7. The average Bonchev–Trinajstić information content (AvgIpc) is 1.51. The Morgan fingerprint density at radius 1 is 0.476 bits per heavy atom. The number of amides is 3. The second-order valence-electron chi connectivity index (χ2n) is 26.3. The van der Waals surface area contributed by atoms with E-state index >= 15 is 0 Å². The van der Waals surface area contributed by atoms with E-state index in [0.29, 0.717) is 80.4 Å². The van der Waals surface area contributed by atoms with Crippen molar-refractivity contribution in [1.82, 2.24) is 50.8 Å². The summed E-state index contributed by atoms with van der Waals surface area (Å²) < 4.78 is 81.9. The van der Waals surface area contributed by atoms with Gasteiger partial charge >= 0.3 is 30.1 Å². The summed E-state index contributed by atoms with van der Waals surface area (Å²) in [5.74, 6) is -1.70. The minimum Gasteiger partial charge on any atom is -0.465 e. The van der Waals surface area contributed by atoms with Crippen LogP contribution < -0.4 is 45.6 Å².